The smallest absolute Gasteiger partial charge is 0.333 e. The number of rotatable bonds is 4. The molecule has 1 aliphatic heterocycles. The van der Waals surface area contributed by atoms with E-state index in [1.807, 2.05) is 26.0 Å². The minimum Gasteiger partial charge on any atom is -0.458 e. The molecule has 0 fully saturated rings. The van der Waals surface area contributed by atoms with Gasteiger partial charge in [0.2, 0.25) is 0 Å². The molecule has 3 rings (SSSR count). The molecule has 0 radical (unpaired) electrons. The summed E-state index contributed by atoms with van der Waals surface area (Å²) in [5, 5.41) is 0. The zero-order chi connectivity index (χ0) is 24.5. The van der Waals surface area contributed by atoms with E-state index in [2.05, 4.69) is 9.97 Å². The van der Waals surface area contributed by atoms with Crippen LogP contribution in [-0.4, -0.2) is 34.1 Å². The van der Waals surface area contributed by atoms with Gasteiger partial charge in [-0.15, -0.1) is 0 Å². The monoisotopic (exact) mass is 470 g/mol. The van der Waals surface area contributed by atoms with E-state index < -0.39 is 0 Å². The van der Waals surface area contributed by atoms with Crippen molar-refractivity contribution in [3.05, 3.63) is 60.0 Å². The number of carbonyl (C=O) groups is 2. The van der Waals surface area contributed by atoms with Gasteiger partial charge in [-0.1, -0.05) is 26.0 Å². The first-order valence-electron chi connectivity index (χ1n) is 11.8. The fourth-order valence-corrected chi connectivity index (χ4v) is 3.93. The van der Waals surface area contributed by atoms with Crippen molar-refractivity contribution in [3.8, 4) is 0 Å². The maximum absolute atomic E-state index is 12.8. The van der Waals surface area contributed by atoms with Gasteiger partial charge in [0.1, 0.15) is 23.7 Å². The van der Waals surface area contributed by atoms with Crippen molar-refractivity contribution in [2.45, 2.75) is 78.4 Å². The molecule has 0 amide bonds. The van der Waals surface area contributed by atoms with E-state index in [0.717, 1.165) is 12.8 Å². The van der Waals surface area contributed by atoms with Gasteiger partial charge in [-0.2, -0.15) is 0 Å². The number of oxazole rings is 2. The van der Waals surface area contributed by atoms with Gasteiger partial charge < -0.3 is 18.3 Å². The van der Waals surface area contributed by atoms with Gasteiger partial charge in [0.05, 0.1) is 12.4 Å². The van der Waals surface area contributed by atoms with Crippen LogP contribution in [0.5, 0.6) is 0 Å². The van der Waals surface area contributed by atoms with Gasteiger partial charge in [0.15, 0.2) is 12.8 Å². The highest BCUT2D eigenvalue weighted by Crippen LogP contribution is 2.24. The normalized spacial score (nSPS) is 25.8. The number of esters is 2. The molecule has 0 aliphatic carbocycles. The van der Waals surface area contributed by atoms with E-state index in [1.165, 1.54) is 12.8 Å². The number of ether oxygens (including phenoxy) is 2. The van der Waals surface area contributed by atoms with Crippen molar-refractivity contribution in [3.63, 3.8) is 0 Å². The number of nitrogens with zero attached hydrogens (tertiary/aromatic N) is 2. The summed E-state index contributed by atoms with van der Waals surface area (Å²) >= 11 is 0. The number of hydrogen-bond donors (Lipinski definition) is 0. The van der Waals surface area contributed by atoms with E-state index in [-0.39, 0.29) is 36.0 Å². The molecule has 8 nitrogen and oxygen atoms in total. The molecule has 3 heterocycles. The van der Waals surface area contributed by atoms with Crippen LogP contribution in [0.15, 0.2) is 57.3 Å². The van der Waals surface area contributed by atoms with Crippen LogP contribution in [0.1, 0.15) is 64.9 Å². The molecule has 184 valence electrons. The molecule has 0 saturated carbocycles. The summed E-state index contributed by atoms with van der Waals surface area (Å²) in [6.45, 7) is 7.61. The van der Waals surface area contributed by atoms with Gasteiger partial charge >= 0.3 is 11.9 Å². The maximum Gasteiger partial charge on any atom is 0.333 e. The third-order valence-electron chi connectivity index (χ3n) is 6.35. The highest BCUT2D eigenvalue weighted by Gasteiger charge is 2.26. The van der Waals surface area contributed by atoms with E-state index in [4.69, 9.17) is 18.3 Å². The Bertz CT molecular complexity index is 897. The van der Waals surface area contributed by atoms with E-state index in [0.29, 0.717) is 48.3 Å². The molecule has 2 aromatic heterocycles. The Morgan fingerprint density at radius 3 is 1.53 bits per heavy atom. The second-order valence-corrected chi connectivity index (χ2v) is 9.11. The van der Waals surface area contributed by atoms with Gasteiger partial charge in [0.25, 0.3) is 0 Å². The molecule has 0 N–H and O–H groups in total. The lowest BCUT2D eigenvalue weighted by atomic mass is 9.94. The Morgan fingerprint density at radius 1 is 0.765 bits per heavy atom. The first-order valence-corrected chi connectivity index (χ1v) is 11.8. The Labute approximate surface area is 200 Å². The number of cyclic esters (lactones) is 2. The van der Waals surface area contributed by atoms with Crippen LogP contribution in [0.3, 0.4) is 0 Å². The van der Waals surface area contributed by atoms with Crippen LogP contribution in [0, 0.1) is 11.8 Å². The number of allylic oxidation sites excluding steroid dienone is 2. The van der Waals surface area contributed by atoms with Crippen molar-refractivity contribution in [1.29, 1.82) is 0 Å². The standard InChI is InChI=1S/C26H34N2O6/c1-17-7-5-9-19(3)26(30)34-24(12-22-14-28-16-32-22)18(2)8-6-10-20(4)25(29)33-23(17)11-21-13-27-15-31-21/h9-10,13-18,23-24H,5-8,11-12H2,1-4H3. The van der Waals surface area contributed by atoms with Gasteiger partial charge in [-0.3, -0.25) is 0 Å². The van der Waals surface area contributed by atoms with Crippen molar-refractivity contribution in [2.24, 2.45) is 11.8 Å². The molecular formula is C26H34N2O6. The lowest BCUT2D eigenvalue weighted by Crippen LogP contribution is -2.29. The summed E-state index contributed by atoms with van der Waals surface area (Å²) in [7, 11) is 0. The van der Waals surface area contributed by atoms with Gasteiger partial charge in [-0.25, -0.2) is 19.6 Å². The second-order valence-electron chi connectivity index (χ2n) is 9.11. The third-order valence-corrected chi connectivity index (χ3v) is 6.35. The Morgan fingerprint density at radius 2 is 1.18 bits per heavy atom. The van der Waals surface area contributed by atoms with Crippen LogP contribution < -0.4 is 0 Å². The zero-order valence-electron chi connectivity index (χ0n) is 20.4. The predicted molar refractivity (Wildman–Crippen MR) is 124 cm³/mol. The summed E-state index contributed by atoms with van der Waals surface area (Å²) in [5.41, 5.74) is 1.13. The van der Waals surface area contributed by atoms with Crippen LogP contribution in [-0.2, 0) is 31.9 Å². The van der Waals surface area contributed by atoms with E-state index >= 15 is 0 Å². The minimum absolute atomic E-state index is 0.0500. The zero-order valence-corrected chi connectivity index (χ0v) is 20.4. The SMILES string of the molecule is CC1=CCCC(C)C(Cc2cnco2)OC(=O)C(C)=CCCC(C)C(Cc2cnco2)OC1=O. The summed E-state index contributed by atoms with van der Waals surface area (Å²) < 4.78 is 22.5. The molecule has 0 bridgehead atoms. The van der Waals surface area contributed by atoms with Crippen LogP contribution in [0.2, 0.25) is 0 Å². The molecule has 4 atom stereocenters. The molecule has 0 aromatic carbocycles. The molecule has 34 heavy (non-hydrogen) atoms. The lowest BCUT2D eigenvalue weighted by molar-refractivity contribution is -0.147. The third kappa shape index (κ3) is 7.43. The number of hydrogen-bond acceptors (Lipinski definition) is 8. The maximum atomic E-state index is 12.8. The van der Waals surface area contributed by atoms with Crippen molar-refractivity contribution < 1.29 is 27.9 Å². The van der Waals surface area contributed by atoms with Gasteiger partial charge in [0, 0.05) is 24.0 Å². The molecule has 4 unspecified atom stereocenters. The van der Waals surface area contributed by atoms with Crippen molar-refractivity contribution >= 4 is 11.9 Å². The largest absolute Gasteiger partial charge is 0.458 e. The van der Waals surface area contributed by atoms with Gasteiger partial charge in [-0.05, 0) is 51.4 Å². The van der Waals surface area contributed by atoms with Crippen molar-refractivity contribution in [1.82, 2.24) is 9.97 Å². The van der Waals surface area contributed by atoms with Crippen molar-refractivity contribution in [2.75, 3.05) is 0 Å². The van der Waals surface area contributed by atoms with Crippen LogP contribution in [0.25, 0.3) is 0 Å². The molecule has 1 aliphatic rings. The molecule has 2 aromatic rings. The fraction of sp³-hybridized carbons (Fsp3) is 0.538. The Balaban J connectivity index is 1.78. The molecule has 0 spiro atoms. The molecular weight excluding hydrogens is 436 g/mol. The topological polar surface area (TPSA) is 105 Å². The molecule has 0 saturated heterocycles. The van der Waals surface area contributed by atoms with E-state index in [9.17, 15) is 9.59 Å². The van der Waals surface area contributed by atoms with Crippen LogP contribution >= 0.6 is 0 Å². The Hall–Kier alpha value is -3.16. The minimum atomic E-state index is -0.359. The highest BCUT2D eigenvalue weighted by atomic mass is 16.5. The first kappa shape index (κ1) is 25.5. The van der Waals surface area contributed by atoms with Crippen LogP contribution in [0.4, 0.5) is 0 Å². The summed E-state index contributed by atoms with van der Waals surface area (Å²) in [5.74, 6) is 0.785. The summed E-state index contributed by atoms with van der Waals surface area (Å²) in [6, 6.07) is 0. The second kappa shape index (κ2) is 12.3. The molecule has 8 heteroatoms. The Kier molecular flexibility index (Phi) is 9.24. The summed E-state index contributed by atoms with van der Waals surface area (Å²) in [6.07, 6.45) is 12.8. The first-order chi connectivity index (χ1) is 16.3. The quantitative estimate of drug-likeness (QED) is 0.574. The lowest BCUT2D eigenvalue weighted by Gasteiger charge is -2.25. The fourth-order valence-electron chi connectivity index (χ4n) is 3.93. The average Bonchev–Trinajstić information content (AvgIpc) is 3.51. The average molecular weight is 471 g/mol. The highest BCUT2D eigenvalue weighted by molar-refractivity contribution is 5.88. The van der Waals surface area contributed by atoms with E-state index in [1.54, 1.807) is 26.2 Å². The number of aromatic nitrogens is 2. The summed E-state index contributed by atoms with van der Waals surface area (Å²) in [4.78, 5) is 33.5. The number of carbonyl (C=O) groups excluding carboxylic acids is 2. The predicted octanol–water partition coefficient (Wildman–Crippen LogP) is 5.01.